The van der Waals surface area contributed by atoms with Crippen molar-refractivity contribution < 1.29 is 4.79 Å². The molecule has 1 aromatic heterocycles. The highest BCUT2D eigenvalue weighted by molar-refractivity contribution is 6.36. The molecule has 2 aliphatic rings. The van der Waals surface area contributed by atoms with Crippen LogP contribution < -0.4 is 0 Å². The SMILES string of the molecule is Cc1ccc(-c2nccn2C[C@H]2CCC3=C(C2=O)c2cccc4cccc3c24)cc1. The minimum absolute atomic E-state index is 0.0216. The van der Waals surface area contributed by atoms with Crippen LogP contribution in [0.2, 0.25) is 0 Å². The van der Waals surface area contributed by atoms with Crippen LogP contribution in [0.5, 0.6) is 0 Å². The van der Waals surface area contributed by atoms with Gasteiger partial charge in [-0.1, -0.05) is 66.2 Å². The molecule has 3 heteroatoms. The lowest BCUT2D eigenvalue weighted by Crippen LogP contribution is -2.25. The minimum atomic E-state index is -0.0216. The second kappa shape index (κ2) is 6.53. The van der Waals surface area contributed by atoms with Crippen LogP contribution in [0.15, 0.2) is 73.1 Å². The predicted molar refractivity (Wildman–Crippen MR) is 121 cm³/mol. The monoisotopic (exact) mass is 390 g/mol. The fourth-order valence-electron chi connectivity index (χ4n) is 5.12. The van der Waals surface area contributed by atoms with Crippen LogP contribution in [-0.2, 0) is 11.3 Å². The smallest absolute Gasteiger partial charge is 0.168 e. The number of hydrogen-bond donors (Lipinski definition) is 0. The van der Waals surface area contributed by atoms with Gasteiger partial charge >= 0.3 is 0 Å². The standard InChI is InChI=1S/C27H22N2O/c1-17-8-10-19(11-9-17)27-28-14-15-29(27)16-20-12-13-22-21-6-2-4-18-5-3-7-23(24(18)21)25(22)26(20)30/h2-11,14-15,20H,12-13,16H2,1H3/t20-/m1/s1. The number of ketones is 1. The van der Waals surface area contributed by atoms with Crippen molar-refractivity contribution in [2.45, 2.75) is 26.3 Å². The normalized spacial score (nSPS) is 17.6. The Kier molecular flexibility index (Phi) is 3.79. The van der Waals surface area contributed by atoms with E-state index in [1.165, 1.54) is 27.5 Å². The van der Waals surface area contributed by atoms with Gasteiger partial charge in [0.25, 0.3) is 0 Å². The molecular weight excluding hydrogens is 368 g/mol. The van der Waals surface area contributed by atoms with E-state index < -0.39 is 0 Å². The van der Waals surface area contributed by atoms with E-state index in [2.05, 4.69) is 77.1 Å². The molecule has 0 fully saturated rings. The minimum Gasteiger partial charge on any atom is -0.330 e. The predicted octanol–water partition coefficient (Wildman–Crippen LogP) is 5.92. The van der Waals surface area contributed by atoms with E-state index in [9.17, 15) is 4.79 Å². The first kappa shape index (κ1) is 17.4. The first-order valence-corrected chi connectivity index (χ1v) is 10.6. The molecule has 0 spiro atoms. The Labute approximate surface area is 175 Å². The van der Waals surface area contributed by atoms with Crippen molar-refractivity contribution in [3.8, 4) is 11.4 Å². The van der Waals surface area contributed by atoms with Gasteiger partial charge in [0.15, 0.2) is 5.78 Å². The van der Waals surface area contributed by atoms with Crippen LogP contribution in [0, 0.1) is 12.8 Å². The van der Waals surface area contributed by atoms with Crippen molar-refractivity contribution in [1.82, 2.24) is 9.55 Å². The molecule has 1 heterocycles. The number of Topliss-reactive ketones (excluding diaryl/α,β-unsaturated/α-hetero) is 1. The summed E-state index contributed by atoms with van der Waals surface area (Å²) in [7, 11) is 0. The van der Waals surface area contributed by atoms with E-state index in [1.54, 1.807) is 0 Å². The molecule has 146 valence electrons. The first-order valence-electron chi connectivity index (χ1n) is 10.6. The van der Waals surface area contributed by atoms with Gasteiger partial charge in [-0.3, -0.25) is 4.79 Å². The summed E-state index contributed by atoms with van der Waals surface area (Å²) in [6.45, 7) is 2.76. The summed E-state index contributed by atoms with van der Waals surface area (Å²) < 4.78 is 2.14. The third kappa shape index (κ3) is 2.51. The lowest BCUT2D eigenvalue weighted by atomic mass is 9.81. The van der Waals surface area contributed by atoms with Gasteiger partial charge in [-0.05, 0) is 47.2 Å². The van der Waals surface area contributed by atoms with Gasteiger partial charge in [0.05, 0.1) is 0 Å². The van der Waals surface area contributed by atoms with Crippen molar-refractivity contribution in [1.29, 1.82) is 0 Å². The number of nitrogens with zero attached hydrogens (tertiary/aromatic N) is 2. The van der Waals surface area contributed by atoms with Gasteiger partial charge < -0.3 is 4.57 Å². The van der Waals surface area contributed by atoms with Gasteiger partial charge in [0.2, 0.25) is 0 Å². The highest BCUT2D eigenvalue weighted by atomic mass is 16.1. The van der Waals surface area contributed by atoms with Crippen LogP contribution in [0.3, 0.4) is 0 Å². The van der Waals surface area contributed by atoms with Gasteiger partial charge in [-0.2, -0.15) is 0 Å². The maximum Gasteiger partial charge on any atom is 0.168 e. The van der Waals surface area contributed by atoms with Crippen molar-refractivity contribution in [3.05, 3.63) is 89.7 Å². The van der Waals surface area contributed by atoms with Crippen LogP contribution in [0.4, 0.5) is 0 Å². The van der Waals surface area contributed by atoms with E-state index in [1.807, 2.05) is 12.4 Å². The van der Waals surface area contributed by atoms with Gasteiger partial charge in [-0.15, -0.1) is 0 Å². The number of allylic oxidation sites excluding steroid dienone is 2. The molecule has 2 aliphatic carbocycles. The maximum absolute atomic E-state index is 13.6. The van der Waals surface area contributed by atoms with E-state index in [0.717, 1.165) is 35.4 Å². The van der Waals surface area contributed by atoms with Crippen molar-refractivity contribution in [3.63, 3.8) is 0 Å². The van der Waals surface area contributed by atoms with Gasteiger partial charge in [-0.25, -0.2) is 4.98 Å². The van der Waals surface area contributed by atoms with Gasteiger partial charge in [0, 0.05) is 36.0 Å². The molecular formula is C27H22N2O. The summed E-state index contributed by atoms with van der Waals surface area (Å²) in [5.41, 5.74) is 6.90. The van der Waals surface area contributed by atoms with Gasteiger partial charge in [0.1, 0.15) is 5.82 Å². The largest absolute Gasteiger partial charge is 0.330 e. The molecule has 1 atom stereocenters. The molecule has 0 aliphatic heterocycles. The van der Waals surface area contributed by atoms with E-state index in [0.29, 0.717) is 6.54 Å². The number of rotatable bonds is 3. The zero-order chi connectivity index (χ0) is 20.2. The Bertz CT molecular complexity index is 1340. The molecule has 0 bridgehead atoms. The third-order valence-electron chi connectivity index (χ3n) is 6.60. The number of imidazole rings is 1. The fraction of sp³-hybridized carbons (Fsp3) is 0.185. The molecule has 0 radical (unpaired) electrons. The molecule has 30 heavy (non-hydrogen) atoms. The molecule has 0 unspecified atom stereocenters. The Balaban J connectivity index is 1.35. The highest BCUT2D eigenvalue weighted by Crippen LogP contribution is 2.48. The molecule has 0 N–H and O–H groups in total. The maximum atomic E-state index is 13.6. The number of hydrogen-bond acceptors (Lipinski definition) is 2. The average Bonchev–Trinajstić information content (AvgIpc) is 3.36. The van der Waals surface area contributed by atoms with Crippen LogP contribution in [-0.4, -0.2) is 15.3 Å². The quantitative estimate of drug-likeness (QED) is 0.435. The number of carbonyl (C=O) groups excluding carboxylic acids is 1. The molecule has 3 aromatic carbocycles. The van der Waals surface area contributed by atoms with E-state index in [4.69, 9.17) is 0 Å². The molecule has 3 nitrogen and oxygen atoms in total. The summed E-state index contributed by atoms with van der Waals surface area (Å²) in [4.78, 5) is 18.2. The number of carbonyl (C=O) groups is 1. The summed E-state index contributed by atoms with van der Waals surface area (Å²) in [6, 6.07) is 21.2. The van der Waals surface area contributed by atoms with Crippen molar-refractivity contribution in [2.24, 2.45) is 5.92 Å². The molecule has 0 saturated heterocycles. The number of benzene rings is 3. The second-order valence-corrected chi connectivity index (χ2v) is 8.43. The first-order chi connectivity index (χ1) is 14.7. The van der Waals surface area contributed by atoms with Crippen LogP contribution in [0.25, 0.3) is 33.3 Å². The number of aryl methyl sites for hydroxylation is 1. The van der Waals surface area contributed by atoms with E-state index in [-0.39, 0.29) is 11.7 Å². The Morgan fingerprint density at radius 3 is 2.57 bits per heavy atom. The zero-order valence-corrected chi connectivity index (χ0v) is 16.9. The van der Waals surface area contributed by atoms with Crippen molar-refractivity contribution >= 4 is 27.7 Å². The average molecular weight is 390 g/mol. The Hall–Kier alpha value is -3.46. The highest BCUT2D eigenvalue weighted by Gasteiger charge is 2.36. The van der Waals surface area contributed by atoms with Crippen LogP contribution >= 0.6 is 0 Å². The molecule has 4 aromatic rings. The van der Waals surface area contributed by atoms with Crippen molar-refractivity contribution in [2.75, 3.05) is 0 Å². The number of fused-ring (bicyclic) bond motifs is 2. The second-order valence-electron chi connectivity index (χ2n) is 8.43. The summed E-state index contributed by atoms with van der Waals surface area (Å²) in [5.74, 6) is 1.19. The topological polar surface area (TPSA) is 34.9 Å². The molecule has 0 saturated carbocycles. The number of aromatic nitrogens is 2. The molecule has 6 rings (SSSR count). The van der Waals surface area contributed by atoms with E-state index >= 15 is 0 Å². The third-order valence-corrected chi connectivity index (χ3v) is 6.60. The lowest BCUT2D eigenvalue weighted by Gasteiger charge is -2.24. The zero-order valence-electron chi connectivity index (χ0n) is 16.9. The fourth-order valence-corrected chi connectivity index (χ4v) is 5.12. The Morgan fingerprint density at radius 1 is 1.00 bits per heavy atom. The summed E-state index contributed by atoms with van der Waals surface area (Å²) in [6.07, 6.45) is 5.66. The molecule has 0 amide bonds. The Morgan fingerprint density at radius 2 is 1.77 bits per heavy atom. The lowest BCUT2D eigenvalue weighted by molar-refractivity contribution is -0.118. The summed E-state index contributed by atoms with van der Waals surface area (Å²) >= 11 is 0. The summed E-state index contributed by atoms with van der Waals surface area (Å²) in [5, 5.41) is 2.47. The van der Waals surface area contributed by atoms with Crippen LogP contribution in [0.1, 0.15) is 29.5 Å².